The van der Waals surface area contributed by atoms with Crippen LogP contribution in [-0.2, 0) is 12.1 Å². The van der Waals surface area contributed by atoms with E-state index in [-0.39, 0.29) is 11.1 Å². The Bertz CT molecular complexity index is 840. The van der Waals surface area contributed by atoms with Crippen LogP contribution in [0.3, 0.4) is 0 Å². The highest BCUT2D eigenvalue weighted by atomic mass is 35.5. The van der Waals surface area contributed by atoms with Gasteiger partial charge in [0.15, 0.2) is 16.3 Å². The van der Waals surface area contributed by atoms with Gasteiger partial charge in [-0.1, -0.05) is 22.9 Å². The summed E-state index contributed by atoms with van der Waals surface area (Å²) in [6, 6.07) is 5.42. The van der Waals surface area contributed by atoms with Gasteiger partial charge in [-0.05, 0) is 26.0 Å². The predicted octanol–water partition coefficient (Wildman–Crippen LogP) is 1.13. The van der Waals surface area contributed by atoms with Crippen molar-refractivity contribution < 1.29 is 5.11 Å². The molecule has 3 aromatic heterocycles. The first kappa shape index (κ1) is 14.6. The lowest BCUT2D eigenvalue weighted by atomic mass is 10.0. The van der Waals surface area contributed by atoms with E-state index >= 15 is 0 Å². The van der Waals surface area contributed by atoms with Gasteiger partial charge in [0.2, 0.25) is 5.95 Å². The third-order valence-corrected chi connectivity index (χ3v) is 3.35. The van der Waals surface area contributed by atoms with E-state index in [0.717, 1.165) is 0 Å². The molecule has 3 N–H and O–H groups in total. The maximum Gasteiger partial charge on any atom is 0.223 e. The number of aliphatic hydroxyl groups is 1. The predicted molar refractivity (Wildman–Crippen MR) is 81.1 cm³/mol. The molecule has 0 saturated carbocycles. The summed E-state index contributed by atoms with van der Waals surface area (Å²) in [5, 5.41) is 18.1. The van der Waals surface area contributed by atoms with E-state index in [1.54, 1.807) is 19.9 Å². The number of hydrogen-bond donors (Lipinski definition) is 2. The minimum absolute atomic E-state index is 0.0549. The van der Waals surface area contributed by atoms with Crippen molar-refractivity contribution in [1.29, 1.82) is 0 Å². The highest BCUT2D eigenvalue weighted by molar-refractivity contribution is 6.33. The summed E-state index contributed by atoms with van der Waals surface area (Å²) in [5.41, 5.74) is 6.69. The third kappa shape index (κ3) is 2.70. The lowest BCUT2D eigenvalue weighted by Crippen LogP contribution is -2.18. The summed E-state index contributed by atoms with van der Waals surface area (Å²) in [6.45, 7) is 3.68. The Morgan fingerprint density at radius 1 is 1.27 bits per heavy atom. The van der Waals surface area contributed by atoms with E-state index in [0.29, 0.717) is 29.1 Å². The minimum atomic E-state index is -1.02. The zero-order chi connectivity index (χ0) is 15.9. The molecule has 0 spiro atoms. The van der Waals surface area contributed by atoms with Crippen molar-refractivity contribution in [3.63, 3.8) is 0 Å². The van der Waals surface area contributed by atoms with Crippen LogP contribution in [0.15, 0.2) is 18.2 Å². The van der Waals surface area contributed by atoms with Gasteiger partial charge in [0.25, 0.3) is 0 Å². The van der Waals surface area contributed by atoms with Crippen molar-refractivity contribution in [1.82, 2.24) is 29.9 Å². The molecule has 0 aliphatic carbocycles. The number of pyridine rings is 1. The smallest absolute Gasteiger partial charge is 0.223 e. The molecule has 0 unspecified atom stereocenters. The Morgan fingerprint density at radius 2 is 2.05 bits per heavy atom. The highest BCUT2D eigenvalue weighted by Gasteiger charge is 2.18. The van der Waals surface area contributed by atoms with Gasteiger partial charge in [-0.15, -0.1) is 5.10 Å². The van der Waals surface area contributed by atoms with Crippen molar-refractivity contribution in [2.75, 3.05) is 5.73 Å². The number of fused-ring (bicyclic) bond motifs is 1. The monoisotopic (exact) mass is 319 g/mol. The summed E-state index contributed by atoms with van der Waals surface area (Å²) in [6.07, 6.45) is 0. The first-order chi connectivity index (χ1) is 10.3. The molecule has 0 radical (unpaired) electrons. The van der Waals surface area contributed by atoms with Gasteiger partial charge in [-0.2, -0.15) is 9.97 Å². The van der Waals surface area contributed by atoms with Gasteiger partial charge in [0.05, 0.1) is 17.9 Å². The maximum absolute atomic E-state index is 10.0. The fraction of sp³-hybridized carbons (Fsp3) is 0.308. The van der Waals surface area contributed by atoms with E-state index in [9.17, 15) is 5.11 Å². The Kier molecular flexibility index (Phi) is 3.42. The SMILES string of the molecule is CC(C)(O)c1cccc(Cn2nnc3c(Cl)nc(N)nc32)n1. The van der Waals surface area contributed by atoms with Crippen LogP contribution in [0, 0.1) is 0 Å². The molecular weight excluding hydrogens is 306 g/mol. The van der Waals surface area contributed by atoms with Crippen molar-refractivity contribution in [3.8, 4) is 0 Å². The van der Waals surface area contributed by atoms with Crippen molar-refractivity contribution in [3.05, 3.63) is 34.7 Å². The molecule has 3 heterocycles. The van der Waals surface area contributed by atoms with Gasteiger partial charge in [-0.25, -0.2) is 4.68 Å². The zero-order valence-electron chi connectivity index (χ0n) is 12.0. The van der Waals surface area contributed by atoms with Crippen LogP contribution in [-0.4, -0.2) is 35.1 Å². The van der Waals surface area contributed by atoms with Gasteiger partial charge >= 0.3 is 0 Å². The summed E-state index contributed by atoms with van der Waals surface area (Å²) >= 11 is 5.97. The number of hydrogen-bond acceptors (Lipinski definition) is 7. The number of halogens is 1. The average Bonchev–Trinajstić information content (AvgIpc) is 2.81. The zero-order valence-corrected chi connectivity index (χ0v) is 12.8. The highest BCUT2D eigenvalue weighted by Crippen LogP contribution is 2.20. The largest absolute Gasteiger partial charge is 0.384 e. The topological polar surface area (TPSA) is 116 Å². The molecule has 0 aliphatic heterocycles. The normalized spacial score (nSPS) is 12.0. The molecule has 0 aromatic carbocycles. The van der Waals surface area contributed by atoms with Gasteiger partial charge in [0, 0.05) is 0 Å². The van der Waals surface area contributed by atoms with E-state index in [2.05, 4.69) is 25.3 Å². The molecule has 0 fully saturated rings. The van der Waals surface area contributed by atoms with Crippen LogP contribution in [0.4, 0.5) is 5.95 Å². The van der Waals surface area contributed by atoms with E-state index in [4.69, 9.17) is 17.3 Å². The van der Waals surface area contributed by atoms with Crippen LogP contribution in [0.25, 0.3) is 11.2 Å². The van der Waals surface area contributed by atoms with Crippen molar-refractivity contribution in [2.45, 2.75) is 26.0 Å². The van der Waals surface area contributed by atoms with Crippen LogP contribution in [0.1, 0.15) is 25.2 Å². The molecule has 22 heavy (non-hydrogen) atoms. The quantitative estimate of drug-likeness (QED) is 0.695. The van der Waals surface area contributed by atoms with Gasteiger partial charge in [-0.3, -0.25) is 4.98 Å². The Morgan fingerprint density at radius 3 is 2.77 bits per heavy atom. The average molecular weight is 320 g/mol. The molecule has 8 nitrogen and oxygen atoms in total. The van der Waals surface area contributed by atoms with E-state index in [1.165, 1.54) is 4.68 Å². The molecule has 114 valence electrons. The summed E-state index contributed by atoms with van der Waals surface area (Å²) in [4.78, 5) is 12.4. The lowest BCUT2D eigenvalue weighted by Gasteiger charge is -2.17. The Balaban J connectivity index is 2.01. The number of nitrogen functional groups attached to an aromatic ring is 1. The van der Waals surface area contributed by atoms with Crippen LogP contribution in [0.2, 0.25) is 5.15 Å². The number of nitrogens with two attached hydrogens (primary N) is 1. The second kappa shape index (κ2) is 5.15. The maximum atomic E-state index is 10.0. The summed E-state index contributed by atoms with van der Waals surface area (Å²) < 4.78 is 1.54. The standard InChI is InChI=1S/C13H14ClN7O/c1-13(2,22)8-5-3-4-7(16-8)6-21-11-9(19-20-21)10(14)17-12(15)18-11/h3-5,22H,6H2,1-2H3,(H2,15,17,18). The molecule has 0 amide bonds. The third-order valence-electron chi connectivity index (χ3n) is 3.08. The van der Waals surface area contributed by atoms with Crippen LogP contribution >= 0.6 is 11.6 Å². The Labute approximate surface area is 131 Å². The number of aromatic nitrogens is 6. The van der Waals surface area contributed by atoms with E-state index < -0.39 is 5.60 Å². The van der Waals surface area contributed by atoms with Crippen LogP contribution in [0.5, 0.6) is 0 Å². The molecule has 9 heteroatoms. The number of rotatable bonds is 3. The molecule has 3 aromatic rings. The summed E-state index contributed by atoms with van der Waals surface area (Å²) in [7, 11) is 0. The fourth-order valence-corrected chi connectivity index (χ4v) is 2.22. The van der Waals surface area contributed by atoms with Gasteiger partial charge < -0.3 is 10.8 Å². The fourth-order valence-electron chi connectivity index (χ4n) is 2.01. The van der Waals surface area contributed by atoms with Crippen LogP contribution < -0.4 is 5.73 Å². The molecule has 0 bridgehead atoms. The first-order valence-electron chi connectivity index (χ1n) is 6.55. The Hall–Kier alpha value is -2.32. The molecule has 3 rings (SSSR count). The minimum Gasteiger partial charge on any atom is -0.384 e. The molecule has 0 saturated heterocycles. The molecule has 0 atom stereocenters. The van der Waals surface area contributed by atoms with Gasteiger partial charge in [0.1, 0.15) is 5.60 Å². The second-order valence-electron chi connectivity index (χ2n) is 5.37. The lowest BCUT2D eigenvalue weighted by molar-refractivity contribution is 0.0736. The molecular formula is C13H14ClN7O. The van der Waals surface area contributed by atoms with E-state index in [1.807, 2.05) is 12.1 Å². The first-order valence-corrected chi connectivity index (χ1v) is 6.93. The summed E-state index contributed by atoms with van der Waals surface area (Å²) in [5.74, 6) is 0.0549. The van der Waals surface area contributed by atoms with Crippen molar-refractivity contribution in [2.24, 2.45) is 0 Å². The molecule has 0 aliphatic rings. The number of nitrogens with zero attached hydrogens (tertiary/aromatic N) is 6. The van der Waals surface area contributed by atoms with Crippen molar-refractivity contribution >= 4 is 28.7 Å². The second-order valence-corrected chi connectivity index (χ2v) is 5.72. The number of anilines is 1.